The molecule has 17 heavy (non-hydrogen) atoms. The molecule has 0 N–H and O–H groups in total. The molecule has 0 atom stereocenters. The van der Waals surface area contributed by atoms with Crippen LogP contribution < -0.4 is 0 Å². The summed E-state index contributed by atoms with van der Waals surface area (Å²) in [7, 11) is 0. The number of rotatable bonds is 4. The topological polar surface area (TPSA) is 30.0 Å². The molecule has 2 aromatic rings. The van der Waals surface area contributed by atoms with Gasteiger partial charge in [-0.2, -0.15) is 0 Å². The number of thiazole rings is 1. The van der Waals surface area contributed by atoms with E-state index < -0.39 is 0 Å². The van der Waals surface area contributed by atoms with Gasteiger partial charge in [0, 0.05) is 23.0 Å². The van der Waals surface area contributed by atoms with Crippen molar-refractivity contribution < 1.29 is 4.79 Å². The molecule has 0 spiro atoms. The second-order valence-corrected chi connectivity index (χ2v) is 6.02. The Morgan fingerprint density at radius 3 is 3.00 bits per heavy atom. The van der Waals surface area contributed by atoms with E-state index in [0.717, 1.165) is 20.7 Å². The molecule has 0 amide bonds. The zero-order valence-corrected chi connectivity index (χ0v) is 11.5. The van der Waals surface area contributed by atoms with Crippen molar-refractivity contribution >= 4 is 40.5 Å². The molecule has 0 saturated carbocycles. The van der Waals surface area contributed by atoms with Gasteiger partial charge in [-0.25, -0.2) is 4.98 Å². The maximum absolute atomic E-state index is 11.1. The van der Waals surface area contributed by atoms with Crippen molar-refractivity contribution in [2.24, 2.45) is 0 Å². The number of carbonyl (C=O) groups is 1. The molecule has 0 fully saturated rings. The fourth-order valence-corrected chi connectivity index (χ4v) is 3.27. The number of benzene rings is 1. The zero-order valence-electron chi connectivity index (χ0n) is 9.14. The molecule has 0 aliphatic carbocycles. The van der Waals surface area contributed by atoms with E-state index in [4.69, 9.17) is 11.6 Å². The number of nitrogens with zero attached hydrogens (tertiary/aromatic N) is 1. The first kappa shape index (κ1) is 12.6. The summed E-state index contributed by atoms with van der Waals surface area (Å²) < 4.78 is 0. The number of carbonyl (C=O) groups excluding carboxylic acids is 1. The van der Waals surface area contributed by atoms with Crippen LogP contribution in [0.25, 0.3) is 0 Å². The minimum atomic E-state index is 0.0708. The monoisotopic (exact) mass is 283 g/mol. The third-order valence-corrected chi connectivity index (χ3v) is 4.58. The first-order valence-corrected chi connectivity index (χ1v) is 7.17. The number of ketones is 1. The van der Waals surface area contributed by atoms with Gasteiger partial charge in [0.25, 0.3) is 0 Å². The van der Waals surface area contributed by atoms with Gasteiger partial charge in [0.15, 0.2) is 5.78 Å². The number of Topliss-reactive ketones (excluding diaryl/α,β-unsaturated/α-hetero) is 1. The third-order valence-electron chi connectivity index (χ3n) is 2.06. The van der Waals surface area contributed by atoms with E-state index in [0.29, 0.717) is 4.88 Å². The highest BCUT2D eigenvalue weighted by molar-refractivity contribution is 7.98. The fourth-order valence-electron chi connectivity index (χ4n) is 1.24. The van der Waals surface area contributed by atoms with E-state index in [9.17, 15) is 4.79 Å². The highest BCUT2D eigenvalue weighted by Crippen LogP contribution is 2.27. The van der Waals surface area contributed by atoms with Crippen LogP contribution in [0, 0.1) is 0 Å². The predicted molar refractivity (Wildman–Crippen MR) is 73.1 cm³/mol. The Hall–Kier alpha value is -0.840. The van der Waals surface area contributed by atoms with Crippen molar-refractivity contribution in [3.8, 4) is 0 Å². The van der Waals surface area contributed by atoms with Crippen molar-refractivity contribution in [2.75, 3.05) is 0 Å². The van der Waals surface area contributed by atoms with Gasteiger partial charge in [-0.1, -0.05) is 17.7 Å². The number of hydrogen-bond donors (Lipinski definition) is 0. The summed E-state index contributed by atoms with van der Waals surface area (Å²) in [5.74, 6) is 0.833. The van der Waals surface area contributed by atoms with Gasteiger partial charge in [0.05, 0.1) is 10.6 Å². The Balaban J connectivity index is 2.00. The Labute approximate surface area is 113 Å². The van der Waals surface area contributed by atoms with E-state index in [2.05, 4.69) is 4.98 Å². The minimum Gasteiger partial charge on any atom is -0.294 e. The first-order chi connectivity index (χ1) is 8.15. The Bertz CT molecular complexity index is 539. The second kappa shape index (κ2) is 5.67. The molecule has 1 aromatic carbocycles. The minimum absolute atomic E-state index is 0.0708. The second-order valence-electron chi connectivity index (χ2n) is 3.42. The van der Waals surface area contributed by atoms with Crippen LogP contribution in [0.3, 0.4) is 0 Å². The van der Waals surface area contributed by atoms with Crippen molar-refractivity contribution in [3.63, 3.8) is 0 Å². The van der Waals surface area contributed by atoms with Gasteiger partial charge >= 0.3 is 0 Å². The van der Waals surface area contributed by atoms with Gasteiger partial charge < -0.3 is 0 Å². The predicted octanol–water partition coefficient (Wildman–Crippen LogP) is 4.29. The Morgan fingerprint density at radius 2 is 2.35 bits per heavy atom. The highest BCUT2D eigenvalue weighted by atomic mass is 35.5. The molecule has 0 unspecified atom stereocenters. The molecule has 0 aliphatic heterocycles. The van der Waals surface area contributed by atoms with Crippen LogP contribution in [0.4, 0.5) is 0 Å². The largest absolute Gasteiger partial charge is 0.294 e. The van der Waals surface area contributed by atoms with E-state index in [1.54, 1.807) is 24.9 Å². The van der Waals surface area contributed by atoms with Crippen LogP contribution in [0.1, 0.15) is 21.6 Å². The van der Waals surface area contributed by atoms with Crippen LogP contribution in [-0.4, -0.2) is 10.8 Å². The van der Waals surface area contributed by atoms with Crippen LogP contribution in [0.5, 0.6) is 0 Å². The summed E-state index contributed by atoms with van der Waals surface area (Å²) >= 11 is 9.02. The molecule has 0 radical (unpaired) electrons. The number of aromatic nitrogens is 1. The molecular weight excluding hydrogens is 274 g/mol. The summed E-state index contributed by atoms with van der Waals surface area (Å²) in [6.45, 7) is 1.56. The summed E-state index contributed by atoms with van der Waals surface area (Å²) in [4.78, 5) is 17.2. The lowest BCUT2D eigenvalue weighted by atomic mass is 10.4. The average Bonchev–Trinajstić information content (AvgIpc) is 2.75. The van der Waals surface area contributed by atoms with E-state index in [-0.39, 0.29) is 5.78 Å². The van der Waals surface area contributed by atoms with Crippen LogP contribution >= 0.6 is 34.7 Å². The smallest absolute Gasteiger partial charge is 0.171 e. The molecule has 88 valence electrons. The fraction of sp³-hybridized carbons (Fsp3) is 0.167. The Morgan fingerprint density at radius 1 is 1.53 bits per heavy atom. The standard InChI is InChI=1S/C12H10ClNOS2/c1-8(15)11-6-14-12(17-11)7-16-10-4-2-3-9(13)5-10/h2-6H,7H2,1H3. The van der Waals surface area contributed by atoms with Gasteiger partial charge in [-0.15, -0.1) is 23.1 Å². The van der Waals surface area contributed by atoms with Crippen molar-refractivity contribution in [1.82, 2.24) is 4.98 Å². The van der Waals surface area contributed by atoms with Crippen LogP contribution in [-0.2, 0) is 5.75 Å². The normalized spacial score (nSPS) is 10.5. The molecule has 1 aromatic heterocycles. The van der Waals surface area contributed by atoms with E-state index >= 15 is 0 Å². The summed E-state index contributed by atoms with van der Waals surface area (Å²) in [6, 6.07) is 7.71. The van der Waals surface area contributed by atoms with Gasteiger partial charge in [-0.05, 0) is 18.2 Å². The molecule has 5 heteroatoms. The van der Waals surface area contributed by atoms with Crippen molar-refractivity contribution in [2.45, 2.75) is 17.6 Å². The van der Waals surface area contributed by atoms with Crippen molar-refractivity contribution in [3.05, 3.63) is 45.4 Å². The van der Waals surface area contributed by atoms with Gasteiger partial charge in [0.2, 0.25) is 0 Å². The molecule has 0 saturated heterocycles. The Kier molecular flexibility index (Phi) is 4.20. The molecular formula is C12H10ClNOS2. The number of hydrogen-bond acceptors (Lipinski definition) is 4. The molecule has 0 aliphatic rings. The van der Waals surface area contributed by atoms with Crippen LogP contribution in [0.15, 0.2) is 35.4 Å². The molecule has 1 heterocycles. The zero-order chi connectivity index (χ0) is 12.3. The van der Waals surface area contributed by atoms with Crippen molar-refractivity contribution in [1.29, 1.82) is 0 Å². The molecule has 2 rings (SSSR count). The van der Waals surface area contributed by atoms with Crippen LogP contribution in [0.2, 0.25) is 5.02 Å². The lowest BCUT2D eigenvalue weighted by molar-refractivity contribution is 0.102. The molecule has 0 bridgehead atoms. The highest BCUT2D eigenvalue weighted by Gasteiger charge is 2.06. The maximum atomic E-state index is 11.1. The average molecular weight is 284 g/mol. The number of halogens is 1. The quantitative estimate of drug-likeness (QED) is 0.619. The lowest BCUT2D eigenvalue weighted by Crippen LogP contribution is -1.83. The molecule has 2 nitrogen and oxygen atoms in total. The lowest BCUT2D eigenvalue weighted by Gasteiger charge is -1.99. The van der Waals surface area contributed by atoms with Gasteiger partial charge in [-0.3, -0.25) is 4.79 Å². The first-order valence-electron chi connectivity index (χ1n) is 4.99. The SMILES string of the molecule is CC(=O)c1cnc(CSc2cccc(Cl)c2)s1. The summed E-state index contributed by atoms with van der Waals surface area (Å²) in [6.07, 6.45) is 1.64. The number of thioether (sulfide) groups is 1. The summed E-state index contributed by atoms with van der Waals surface area (Å²) in [5, 5.41) is 1.69. The third kappa shape index (κ3) is 3.56. The van der Waals surface area contributed by atoms with E-state index in [1.165, 1.54) is 11.3 Å². The maximum Gasteiger partial charge on any atom is 0.171 e. The van der Waals surface area contributed by atoms with Gasteiger partial charge in [0.1, 0.15) is 5.01 Å². The van der Waals surface area contributed by atoms with E-state index in [1.807, 2.05) is 24.3 Å². The summed E-state index contributed by atoms with van der Waals surface area (Å²) in [5.41, 5.74) is 0.